The maximum Gasteiger partial charge on any atom is 0.213 e. The Morgan fingerprint density at radius 1 is 1.36 bits per heavy atom. The van der Waals surface area contributed by atoms with Gasteiger partial charge in [-0.15, -0.1) is 0 Å². The zero-order chi connectivity index (χ0) is 10.6. The van der Waals surface area contributed by atoms with Crippen molar-refractivity contribution in [3.05, 3.63) is 23.9 Å². The van der Waals surface area contributed by atoms with E-state index >= 15 is 0 Å². The Morgan fingerprint density at radius 2 is 2.07 bits per heavy atom. The highest BCUT2D eigenvalue weighted by Crippen LogP contribution is 2.12. The van der Waals surface area contributed by atoms with Gasteiger partial charge in [0.1, 0.15) is 6.61 Å². The van der Waals surface area contributed by atoms with E-state index in [0.29, 0.717) is 12.5 Å². The van der Waals surface area contributed by atoms with E-state index in [1.165, 1.54) is 0 Å². The molecule has 0 unspecified atom stereocenters. The molecule has 0 spiro atoms. The van der Waals surface area contributed by atoms with E-state index in [2.05, 4.69) is 4.98 Å². The summed E-state index contributed by atoms with van der Waals surface area (Å²) in [4.78, 5) is 4.14. The van der Waals surface area contributed by atoms with E-state index in [0.717, 1.165) is 5.56 Å². The molecule has 3 heteroatoms. The van der Waals surface area contributed by atoms with Crippen LogP contribution in [0.4, 0.5) is 0 Å². The Bertz CT molecular complexity index is 280. The molecule has 1 aromatic heterocycles. The van der Waals surface area contributed by atoms with Crippen LogP contribution >= 0.6 is 0 Å². The van der Waals surface area contributed by atoms with Crippen LogP contribution in [0.25, 0.3) is 0 Å². The van der Waals surface area contributed by atoms with Gasteiger partial charge in [0.25, 0.3) is 0 Å². The molecule has 78 valence electrons. The lowest BCUT2D eigenvalue weighted by molar-refractivity contribution is -0.0157. The van der Waals surface area contributed by atoms with Crippen molar-refractivity contribution in [2.24, 2.45) is 0 Å². The van der Waals surface area contributed by atoms with Crippen LogP contribution in [0.1, 0.15) is 19.4 Å². The summed E-state index contributed by atoms with van der Waals surface area (Å²) in [6.07, 6.45) is 1.79. The molecule has 3 nitrogen and oxygen atoms in total. The first-order chi connectivity index (χ1) is 6.53. The number of hydrogen-bond donors (Lipinski definition) is 0. The molecule has 0 amide bonds. The molecule has 1 rings (SSSR count). The standard InChI is InChI=1S/C11H17NO2/c1-9-5-6-10(12-7-9)14-8-11(2,3)13-4/h5-7H,8H2,1-4H3. The van der Waals surface area contributed by atoms with Crippen molar-refractivity contribution in [3.63, 3.8) is 0 Å². The van der Waals surface area contributed by atoms with Crippen LogP contribution in [0.2, 0.25) is 0 Å². The minimum Gasteiger partial charge on any atom is -0.475 e. The van der Waals surface area contributed by atoms with Crippen LogP contribution in [0.15, 0.2) is 18.3 Å². The fourth-order valence-electron chi connectivity index (χ4n) is 0.846. The van der Waals surface area contributed by atoms with E-state index in [4.69, 9.17) is 9.47 Å². The van der Waals surface area contributed by atoms with Crippen LogP contribution in [0.5, 0.6) is 5.88 Å². The second-order valence-electron chi connectivity index (χ2n) is 3.93. The largest absolute Gasteiger partial charge is 0.475 e. The highest BCUT2D eigenvalue weighted by molar-refractivity contribution is 5.16. The van der Waals surface area contributed by atoms with Gasteiger partial charge in [-0.25, -0.2) is 4.98 Å². The molecule has 0 aliphatic carbocycles. The average molecular weight is 195 g/mol. The predicted octanol–water partition coefficient (Wildman–Crippen LogP) is 2.19. The molecular weight excluding hydrogens is 178 g/mol. The Balaban J connectivity index is 2.50. The van der Waals surface area contributed by atoms with Crippen molar-refractivity contribution in [3.8, 4) is 5.88 Å². The Kier molecular flexibility index (Phi) is 3.47. The fourth-order valence-corrected chi connectivity index (χ4v) is 0.846. The summed E-state index contributed by atoms with van der Waals surface area (Å²) in [5.74, 6) is 0.640. The molecule has 0 aliphatic heterocycles. The van der Waals surface area contributed by atoms with Crippen LogP contribution in [-0.2, 0) is 4.74 Å². The Labute approximate surface area is 85.1 Å². The summed E-state index contributed by atoms with van der Waals surface area (Å²) in [6.45, 7) is 6.44. The maximum atomic E-state index is 5.48. The molecule has 0 aromatic carbocycles. The van der Waals surface area contributed by atoms with Crippen LogP contribution in [-0.4, -0.2) is 24.3 Å². The third-order valence-corrected chi connectivity index (χ3v) is 2.00. The molecule has 0 saturated carbocycles. The minimum atomic E-state index is -0.271. The van der Waals surface area contributed by atoms with Gasteiger partial charge in [0.2, 0.25) is 5.88 Å². The molecule has 0 aliphatic rings. The van der Waals surface area contributed by atoms with Crippen LogP contribution in [0.3, 0.4) is 0 Å². The first-order valence-corrected chi connectivity index (χ1v) is 4.64. The molecule has 0 fully saturated rings. The summed E-state index contributed by atoms with van der Waals surface area (Å²) in [5.41, 5.74) is 0.857. The van der Waals surface area contributed by atoms with E-state index in [-0.39, 0.29) is 5.60 Å². The molecule has 0 saturated heterocycles. The normalized spacial score (nSPS) is 11.4. The molecular formula is C11H17NO2. The van der Waals surface area contributed by atoms with Gasteiger partial charge in [-0.3, -0.25) is 0 Å². The van der Waals surface area contributed by atoms with Gasteiger partial charge in [0.05, 0.1) is 5.60 Å². The molecule has 0 bridgehead atoms. The summed E-state index contributed by atoms with van der Waals surface area (Å²) in [7, 11) is 1.67. The molecule has 1 aromatic rings. The van der Waals surface area contributed by atoms with E-state index in [1.807, 2.05) is 32.9 Å². The van der Waals surface area contributed by atoms with Gasteiger partial charge < -0.3 is 9.47 Å². The van der Waals surface area contributed by atoms with Crippen molar-refractivity contribution in [1.29, 1.82) is 0 Å². The number of nitrogens with zero attached hydrogens (tertiary/aromatic N) is 1. The van der Waals surface area contributed by atoms with Crippen molar-refractivity contribution in [1.82, 2.24) is 4.98 Å². The van der Waals surface area contributed by atoms with E-state index in [9.17, 15) is 0 Å². The van der Waals surface area contributed by atoms with E-state index in [1.54, 1.807) is 13.3 Å². The fraction of sp³-hybridized carbons (Fsp3) is 0.545. The molecule has 0 radical (unpaired) electrons. The van der Waals surface area contributed by atoms with Gasteiger partial charge in [-0.2, -0.15) is 0 Å². The lowest BCUT2D eigenvalue weighted by Crippen LogP contribution is -2.30. The third-order valence-electron chi connectivity index (χ3n) is 2.00. The van der Waals surface area contributed by atoms with Gasteiger partial charge in [-0.05, 0) is 26.3 Å². The van der Waals surface area contributed by atoms with Crippen LogP contribution in [0, 0.1) is 6.92 Å². The highest BCUT2D eigenvalue weighted by Gasteiger charge is 2.17. The maximum absolute atomic E-state index is 5.48. The second kappa shape index (κ2) is 4.42. The Morgan fingerprint density at radius 3 is 2.57 bits per heavy atom. The Hall–Kier alpha value is -1.09. The van der Waals surface area contributed by atoms with Gasteiger partial charge in [0.15, 0.2) is 0 Å². The number of ether oxygens (including phenoxy) is 2. The average Bonchev–Trinajstić information content (AvgIpc) is 2.17. The van der Waals surface area contributed by atoms with E-state index < -0.39 is 0 Å². The van der Waals surface area contributed by atoms with Crippen molar-refractivity contribution < 1.29 is 9.47 Å². The number of hydrogen-bond acceptors (Lipinski definition) is 3. The van der Waals surface area contributed by atoms with Crippen molar-refractivity contribution >= 4 is 0 Å². The molecule has 14 heavy (non-hydrogen) atoms. The quantitative estimate of drug-likeness (QED) is 0.738. The lowest BCUT2D eigenvalue weighted by atomic mass is 10.1. The first kappa shape index (κ1) is 11.0. The highest BCUT2D eigenvalue weighted by atomic mass is 16.5. The van der Waals surface area contributed by atoms with Gasteiger partial charge in [0, 0.05) is 19.4 Å². The topological polar surface area (TPSA) is 31.4 Å². The first-order valence-electron chi connectivity index (χ1n) is 4.64. The zero-order valence-electron chi connectivity index (χ0n) is 9.20. The van der Waals surface area contributed by atoms with Crippen molar-refractivity contribution in [2.45, 2.75) is 26.4 Å². The summed E-state index contributed by atoms with van der Waals surface area (Å²) in [5, 5.41) is 0. The lowest BCUT2D eigenvalue weighted by Gasteiger charge is -2.22. The number of rotatable bonds is 4. The smallest absolute Gasteiger partial charge is 0.213 e. The second-order valence-corrected chi connectivity index (χ2v) is 3.93. The van der Waals surface area contributed by atoms with Crippen LogP contribution < -0.4 is 4.74 Å². The number of pyridine rings is 1. The summed E-state index contributed by atoms with van der Waals surface area (Å²) >= 11 is 0. The number of methoxy groups -OCH3 is 1. The van der Waals surface area contributed by atoms with Crippen molar-refractivity contribution in [2.75, 3.05) is 13.7 Å². The third kappa shape index (κ3) is 3.34. The predicted molar refractivity (Wildman–Crippen MR) is 55.6 cm³/mol. The monoisotopic (exact) mass is 195 g/mol. The molecule has 0 atom stereocenters. The minimum absolute atomic E-state index is 0.271. The number of aryl methyl sites for hydroxylation is 1. The van der Waals surface area contributed by atoms with Gasteiger partial charge >= 0.3 is 0 Å². The SMILES string of the molecule is COC(C)(C)COc1ccc(C)cn1. The zero-order valence-corrected chi connectivity index (χ0v) is 9.20. The molecule has 0 N–H and O–H groups in total. The summed E-state index contributed by atoms with van der Waals surface area (Å²) in [6, 6.07) is 3.84. The van der Waals surface area contributed by atoms with Gasteiger partial charge in [-0.1, -0.05) is 6.07 Å². The summed E-state index contributed by atoms with van der Waals surface area (Å²) < 4.78 is 10.7. The molecule has 1 heterocycles. The number of aromatic nitrogens is 1.